The summed E-state index contributed by atoms with van der Waals surface area (Å²) in [6, 6.07) is 7.67. The molecule has 0 aliphatic carbocycles. The molecule has 1 N–H and O–H groups in total. The van der Waals surface area contributed by atoms with Crippen LogP contribution in [0.4, 0.5) is 0 Å². The molecule has 4 nitrogen and oxygen atoms in total. The third-order valence-corrected chi connectivity index (χ3v) is 3.57. The van der Waals surface area contributed by atoms with Crippen LogP contribution in [-0.2, 0) is 5.41 Å². The topological polar surface area (TPSA) is 63.3 Å². The number of hydrogen-bond acceptors (Lipinski definition) is 3. The fourth-order valence-electron chi connectivity index (χ4n) is 1.94. The molecule has 0 saturated carbocycles. The highest BCUT2D eigenvalue weighted by Gasteiger charge is 2.29. The first-order valence-electron chi connectivity index (χ1n) is 6.10. The molecular formula is C15H17NO3. The summed E-state index contributed by atoms with van der Waals surface area (Å²) in [4.78, 5) is 10.9. The molecule has 1 aromatic carbocycles. The van der Waals surface area contributed by atoms with Crippen molar-refractivity contribution in [3.05, 3.63) is 52.4 Å². The maximum Gasteiger partial charge on any atom is 0.358 e. The van der Waals surface area contributed by atoms with E-state index in [1.54, 1.807) is 0 Å². The molecule has 0 amide bonds. The molecule has 0 saturated heterocycles. The van der Waals surface area contributed by atoms with Crippen molar-refractivity contribution in [2.75, 3.05) is 0 Å². The second kappa shape index (κ2) is 4.53. The van der Waals surface area contributed by atoms with Gasteiger partial charge >= 0.3 is 5.97 Å². The van der Waals surface area contributed by atoms with Crippen LogP contribution in [0, 0.1) is 13.8 Å². The Hall–Kier alpha value is -2.10. The molecule has 0 radical (unpaired) electrons. The van der Waals surface area contributed by atoms with Gasteiger partial charge in [0.2, 0.25) is 0 Å². The monoisotopic (exact) mass is 259 g/mol. The van der Waals surface area contributed by atoms with Crippen molar-refractivity contribution in [1.29, 1.82) is 0 Å². The van der Waals surface area contributed by atoms with Gasteiger partial charge in [-0.3, -0.25) is 0 Å². The number of carboxylic acids is 1. The second-order valence-corrected chi connectivity index (χ2v) is 5.31. The van der Waals surface area contributed by atoms with Crippen LogP contribution >= 0.6 is 0 Å². The molecule has 1 aromatic heterocycles. The van der Waals surface area contributed by atoms with Crippen LogP contribution in [0.1, 0.15) is 46.8 Å². The molecule has 1 heterocycles. The highest BCUT2D eigenvalue weighted by molar-refractivity contribution is 5.85. The Balaban J connectivity index is 2.45. The van der Waals surface area contributed by atoms with E-state index >= 15 is 0 Å². The largest absolute Gasteiger partial charge is 0.476 e. The smallest absolute Gasteiger partial charge is 0.358 e. The average molecular weight is 259 g/mol. The van der Waals surface area contributed by atoms with Gasteiger partial charge in [0, 0.05) is 6.07 Å². The molecular weight excluding hydrogens is 242 g/mol. The van der Waals surface area contributed by atoms with Gasteiger partial charge in [-0.2, -0.15) is 0 Å². The quantitative estimate of drug-likeness (QED) is 0.918. The first kappa shape index (κ1) is 13.3. The Labute approximate surface area is 112 Å². The third-order valence-electron chi connectivity index (χ3n) is 3.57. The van der Waals surface area contributed by atoms with Crippen LogP contribution in [0.2, 0.25) is 0 Å². The van der Waals surface area contributed by atoms with Crippen molar-refractivity contribution < 1.29 is 14.4 Å². The van der Waals surface area contributed by atoms with Gasteiger partial charge in [-0.15, -0.1) is 0 Å². The van der Waals surface area contributed by atoms with E-state index in [1.807, 2.05) is 19.9 Å². The normalized spacial score (nSPS) is 11.6. The first-order chi connectivity index (χ1) is 8.82. The number of hydrogen-bond donors (Lipinski definition) is 1. The minimum atomic E-state index is -1.08. The lowest BCUT2D eigenvalue weighted by molar-refractivity contribution is 0.0685. The number of nitrogens with zero attached hydrogens (tertiary/aromatic N) is 1. The van der Waals surface area contributed by atoms with E-state index in [4.69, 9.17) is 9.63 Å². The fraction of sp³-hybridized carbons (Fsp3) is 0.333. The number of benzene rings is 1. The summed E-state index contributed by atoms with van der Waals surface area (Å²) in [5.74, 6) is -0.529. The zero-order valence-electron chi connectivity index (χ0n) is 11.5. The van der Waals surface area contributed by atoms with Crippen molar-refractivity contribution in [3.8, 4) is 0 Å². The number of aromatic carboxylic acids is 1. The van der Waals surface area contributed by atoms with E-state index in [0.717, 1.165) is 5.56 Å². The SMILES string of the molecule is Cc1ccc(C(C)(C)c2cc(C(=O)O)no2)cc1C. The van der Waals surface area contributed by atoms with E-state index < -0.39 is 11.4 Å². The van der Waals surface area contributed by atoms with E-state index in [-0.39, 0.29) is 5.69 Å². The summed E-state index contributed by atoms with van der Waals surface area (Å²) in [6.07, 6.45) is 0. The Morgan fingerprint density at radius 3 is 2.42 bits per heavy atom. The van der Waals surface area contributed by atoms with E-state index in [2.05, 4.69) is 31.1 Å². The number of rotatable bonds is 3. The summed E-state index contributed by atoms with van der Waals surface area (Å²) in [7, 11) is 0. The summed E-state index contributed by atoms with van der Waals surface area (Å²) >= 11 is 0. The van der Waals surface area contributed by atoms with Crippen LogP contribution in [0.3, 0.4) is 0 Å². The standard InChI is InChI=1S/C15H17NO3/c1-9-5-6-11(7-10(9)2)15(3,4)13-8-12(14(17)18)16-19-13/h5-8H,1-4H3,(H,17,18). The average Bonchev–Trinajstić information content (AvgIpc) is 2.82. The molecule has 0 bridgehead atoms. The third kappa shape index (κ3) is 2.38. The van der Waals surface area contributed by atoms with Crippen molar-refractivity contribution in [2.45, 2.75) is 33.1 Å². The Bertz CT molecular complexity index is 626. The molecule has 2 rings (SSSR count). The van der Waals surface area contributed by atoms with Crippen molar-refractivity contribution in [3.63, 3.8) is 0 Å². The summed E-state index contributed by atoms with van der Waals surface area (Å²) in [5.41, 5.74) is 3.02. The molecule has 0 fully saturated rings. The highest BCUT2D eigenvalue weighted by atomic mass is 16.5. The molecule has 0 aliphatic heterocycles. The van der Waals surface area contributed by atoms with Crippen molar-refractivity contribution >= 4 is 5.97 Å². The van der Waals surface area contributed by atoms with E-state index in [0.29, 0.717) is 5.76 Å². The van der Waals surface area contributed by atoms with Gasteiger partial charge in [-0.1, -0.05) is 23.4 Å². The Morgan fingerprint density at radius 1 is 1.21 bits per heavy atom. The molecule has 0 atom stereocenters. The van der Waals surface area contributed by atoms with Crippen LogP contribution < -0.4 is 0 Å². The van der Waals surface area contributed by atoms with Gasteiger partial charge in [0.15, 0.2) is 5.69 Å². The Kier molecular flexibility index (Phi) is 3.18. The van der Waals surface area contributed by atoms with Gasteiger partial charge in [0.25, 0.3) is 0 Å². The minimum absolute atomic E-state index is 0.0630. The van der Waals surface area contributed by atoms with Crippen LogP contribution in [0.5, 0.6) is 0 Å². The van der Waals surface area contributed by atoms with Gasteiger partial charge in [-0.05, 0) is 44.4 Å². The molecule has 0 unspecified atom stereocenters. The van der Waals surface area contributed by atoms with E-state index in [9.17, 15) is 4.79 Å². The van der Waals surface area contributed by atoms with Crippen LogP contribution in [0.15, 0.2) is 28.8 Å². The van der Waals surface area contributed by atoms with Crippen LogP contribution in [0.25, 0.3) is 0 Å². The molecule has 0 spiro atoms. The van der Waals surface area contributed by atoms with Crippen molar-refractivity contribution in [2.24, 2.45) is 0 Å². The number of carbonyl (C=O) groups is 1. The van der Waals surface area contributed by atoms with Gasteiger partial charge in [0.05, 0.1) is 5.41 Å². The predicted molar refractivity (Wildman–Crippen MR) is 71.5 cm³/mol. The number of aryl methyl sites for hydroxylation is 2. The number of aromatic nitrogens is 1. The van der Waals surface area contributed by atoms with E-state index in [1.165, 1.54) is 17.2 Å². The van der Waals surface area contributed by atoms with Gasteiger partial charge < -0.3 is 9.63 Å². The minimum Gasteiger partial charge on any atom is -0.476 e. The number of carboxylic acid groups (broad SMARTS) is 1. The summed E-state index contributed by atoms with van der Waals surface area (Å²) < 4.78 is 5.18. The molecule has 0 aliphatic rings. The van der Waals surface area contributed by atoms with Crippen LogP contribution in [-0.4, -0.2) is 16.2 Å². The maximum atomic E-state index is 10.9. The summed E-state index contributed by atoms with van der Waals surface area (Å²) in [6.45, 7) is 8.09. The molecule has 4 heteroatoms. The molecule has 19 heavy (non-hydrogen) atoms. The first-order valence-corrected chi connectivity index (χ1v) is 6.10. The molecule has 100 valence electrons. The predicted octanol–water partition coefficient (Wildman–Crippen LogP) is 3.32. The lowest BCUT2D eigenvalue weighted by Crippen LogP contribution is -2.18. The molecule has 2 aromatic rings. The lowest BCUT2D eigenvalue weighted by Gasteiger charge is -2.22. The van der Waals surface area contributed by atoms with Crippen molar-refractivity contribution in [1.82, 2.24) is 5.16 Å². The van der Waals surface area contributed by atoms with Gasteiger partial charge in [-0.25, -0.2) is 4.79 Å². The zero-order valence-corrected chi connectivity index (χ0v) is 11.5. The maximum absolute atomic E-state index is 10.9. The lowest BCUT2D eigenvalue weighted by atomic mass is 9.81. The summed E-state index contributed by atoms with van der Waals surface area (Å²) in [5, 5.41) is 12.5. The second-order valence-electron chi connectivity index (χ2n) is 5.31. The highest BCUT2D eigenvalue weighted by Crippen LogP contribution is 2.32. The fourth-order valence-corrected chi connectivity index (χ4v) is 1.94. The zero-order chi connectivity index (χ0) is 14.2. The Morgan fingerprint density at radius 2 is 1.89 bits per heavy atom. The van der Waals surface area contributed by atoms with Gasteiger partial charge in [0.1, 0.15) is 5.76 Å².